The normalized spacial score (nSPS) is 11.0. The third kappa shape index (κ3) is 7.28. The zero-order chi connectivity index (χ0) is 29.6. The van der Waals surface area contributed by atoms with Gasteiger partial charge in [0.2, 0.25) is 10.0 Å². The zero-order valence-corrected chi connectivity index (χ0v) is 23.1. The lowest BCUT2D eigenvalue weighted by molar-refractivity contribution is 0.102. The van der Waals surface area contributed by atoms with E-state index in [0.717, 1.165) is 9.87 Å². The van der Waals surface area contributed by atoms with Crippen molar-refractivity contribution < 1.29 is 17.9 Å². The van der Waals surface area contributed by atoms with Gasteiger partial charge in [0.1, 0.15) is 24.0 Å². The van der Waals surface area contributed by atoms with E-state index in [2.05, 4.69) is 5.32 Å². The van der Waals surface area contributed by atoms with Gasteiger partial charge in [-0.2, -0.15) is 0 Å². The number of anilines is 2. The van der Waals surface area contributed by atoms with Crippen LogP contribution >= 0.6 is 0 Å². The van der Waals surface area contributed by atoms with Crippen molar-refractivity contribution in [1.29, 1.82) is 10.8 Å². The Morgan fingerprint density at radius 2 is 1.46 bits per heavy atom. The molecule has 4 aromatic rings. The molecule has 7 N–H and O–H groups in total. The van der Waals surface area contributed by atoms with Gasteiger partial charge in [-0.3, -0.25) is 19.9 Å². The van der Waals surface area contributed by atoms with Gasteiger partial charge in [-0.05, 0) is 35.4 Å². The Balaban J connectivity index is 1.63. The predicted molar refractivity (Wildman–Crippen MR) is 161 cm³/mol. The largest absolute Gasteiger partial charge is 0.487 e. The molecular formula is C30H30N6O4S. The van der Waals surface area contributed by atoms with Crippen LogP contribution in [0.1, 0.15) is 32.6 Å². The number of benzene rings is 4. The van der Waals surface area contributed by atoms with E-state index in [1.807, 2.05) is 6.07 Å². The lowest BCUT2D eigenvalue weighted by Crippen LogP contribution is -2.28. The molecule has 4 rings (SSSR count). The number of carbonyl (C=O) groups is 1. The Labute approximate surface area is 238 Å². The van der Waals surface area contributed by atoms with Crippen molar-refractivity contribution in [2.75, 3.05) is 16.7 Å². The van der Waals surface area contributed by atoms with Crippen molar-refractivity contribution in [2.24, 2.45) is 11.5 Å². The molecule has 0 atom stereocenters. The molecule has 0 aliphatic rings. The van der Waals surface area contributed by atoms with Crippen LogP contribution in [-0.2, 0) is 22.4 Å². The minimum atomic E-state index is -3.78. The van der Waals surface area contributed by atoms with E-state index in [-0.39, 0.29) is 35.5 Å². The summed E-state index contributed by atoms with van der Waals surface area (Å²) in [5, 5.41) is 18.0. The summed E-state index contributed by atoms with van der Waals surface area (Å²) in [6.45, 7) is 0.0931. The second-order valence-electron chi connectivity index (χ2n) is 9.24. The first-order valence-corrected chi connectivity index (χ1v) is 14.1. The Hall–Kier alpha value is -5.16. The molecule has 0 aliphatic heterocycles. The smallest absolute Gasteiger partial charge is 0.255 e. The summed E-state index contributed by atoms with van der Waals surface area (Å²) >= 11 is 0. The molecule has 210 valence electrons. The molecule has 0 aliphatic carbocycles. The number of sulfonamides is 1. The maximum atomic E-state index is 13.3. The van der Waals surface area contributed by atoms with Gasteiger partial charge in [0, 0.05) is 35.5 Å². The van der Waals surface area contributed by atoms with Crippen molar-refractivity contribution >= 4 is 39.0 Å². The number of ether oxygens (including phenoxy) is 1. The maximum Gasteiger partial charge on any atom is 0.255 e. The number of nitrogens with one attached hydrogen (secondary N) is 3. The van der Waals surface area contributed by atoms with E-state index in [1.54, 1.807) is 84.9 Å². The third-order valence-electron chi connectivity index (χ3n) is 6.26. The number of hydrogen-bond acceptors (Lipinski definition) is 6. The van der Waals surface area contributed by atoms with Crippen LogP contribution in [0, 0.1) is 10.8 Å². The van der Waals surface area contributed by atoms with Gasteiger partial charge in [0.15, 0.2) is 0 Å². The summed E-state index contributed by atoms with van der Waals surface area (Å²) in [4.78, 5) is 13.0. The fourth-order valence-electron chi connectivity index (χ4n) is 3.97. The van der Waals surface area contributed by atoms with Crippen LogP contribution in [0.2, 0.25) is 0 Å². The van der Waals surface area contributed by atoms with Gasteiger partial charge in [-0.25, -0.2) is 8.42 Å². The van der Waals surface area contributed by atoms with Crippen molar-refractivity contribution in [3.05, 3.63) is 125 Å². The molecule has 11 heteroatoms. The van der Waals surface area contributed by atoms with Gasteiger partial charge < -0.3 is 21.5 Å². The van der Waals surface area contributed by atoms with Crippen LogP contribution < -0.4 is 25.8 Å². The molecule has 0 unspecified atom stereocenters. The summed E-state index contributed by atoms with van der Waals surface area (Å²) in [5.74, 6) is -0.619. The summed E-state index contributed by atoms with van der Waals surface area (Å²) in [6, 6.07) is 26.9. The van der Waals surface area contributed by atoms with Gasteiger partial charge in [-0.15, -0.1) is 0 Å². The Bertz CT molecular complexity index is 1690. The van der Waals surface area contributed by atoms with E-state index < -0.39 is 15.9 Å². The minimum Gasteiger partial charge on any atom is -0.487 e. The van der Waals surface area contributed by atoms with Crippen LogP contribution in [0.4, 0.5) is 11.4 Å². The fourth-order valence-corrected chi connectivity index (χ4v) is 5.23. The number of amides is 1. The van der Waals surface area contributed by atoms with E-state index in [1.165, 1.54) is 13.1 Å². The number of nitrogen functional groups attached to an aromatic ring is 2. The maximum absolute atomic E-state index is 13.3. The number of carbonyl (C=O) groups excluding carboxylic acids is 1. The standard InChI is InChI=1S/C30H30N6O4S/c1-36(41(38,39)19-21-6-3-2-4-7-21)26-15-14-25(35-30(37)24-9-5-8-23(16-24)29(33)34)17-27(26)40-18-20-10-12-22(13-11-20)28(31)32/h2-17H,18-19H2,1H3,(H3,31,32)(H3,33,34)(H,35,37). The van der Waals surface area contributed by atoms with Crippen molar-refractivity contribution in [2.45, 2.75) is 12.4 Å². The van der Waals surface area contributed by atoms with Crippen LogP contribution in [-0.4, -0.2) is 33.0 Å². The number of nitrogens with zero attached hydrogens (tertiary/aromatic N) is 1. The molecule has 0 saturated heterocycles. The average molecular weight is 571 g/mol. The monoisotopic (exact) mass is 570 g/mol. The lowest BCUT2D eigenvalue weighted by atomic mass is 10.1. The van der Waals surface area contributed by atoms with Gasteiger partial charge in [-0.1, -0.05) is 66.7 Å². The van der Waals surface area contributed by atoms with Crippen LogP contribution in [0.15, 0.2) is 97.1 Å². The highest BCUT2D eigenvalue weighted by Crippen LogP contribution is 2.34. The van der Waals surface area contributed by atoms with Gasteiger partial charge >= 0.3 is 0 Å². The molecule has 4 aromatic carbocycles. The molecular weight excluding hydrogens is 540 g/mol. The van der Waals surface area contributed by atoms with Crippen molar-refractivity contribution in [3.63, 3.8) is 0 Å². The average Bonchev–Trinajstić information content (AvgIpc) is 2.96. The molecule has 0 fully saturated rings. The predicted octanol–water partition coefficient (Wildman–Crippen LogP) is 4.05. The highest BCUT2D eigenvalue weighted by molar-refractivity contribution is 7.92. The topological polar surface area (TPSA) is 175 Å². The third-order valence-corrected chi connectivity index (χ3v) is 7.99. The molecule has 41 heavy (non-hydrogen) atoms. The summed E-state index contributed by atoms with van der Waals surface area (Å²) in [5.41, 5.74) is 14.5. The molecule has 0 spiro atoms. The summed E-state index contributed by atoms with van der Waals surface area (Å²) in [6.07, 6.45) is 0. The second kappa shape index (κ2) is 12.3. The molecule has 0 saturated carbocycles. The number of amidine groups is 2. The zero-order valence-electron chi connectivity index (χ0n) is 22.3. The molecule has 0 bridgehead atoms. The van der Waals surface area contributed by atoms with E-state index in [9.17, 15) is 13.2 Å². The first kappa shape index (κ1) is 28.8. The van der Waals surface area contributed by atoms with E-state index in [4.69, 9.17) is 27.0 Å². The fraction of sp³-hybridized carbons (Fsp3) is 0.100. The van der Waals surface area contributed by atoms with Crippen molar-refractivity contribution in [3.8, 4) is 5.75 Å². The second-order valence-corrected chi connectivity index (χ2v) is 11.2. The van der Waals surface area contributed by atoms with Gasteiger partial charge in [0.25, 0.3) is 5.91 Å². The Morgan fingerprint density at radius 3 is 2.12 bits per heavy atom. The highest BCUT2D eigenvalue weighted by Gasteiger charge is 2.23. The van der Waals surface area contributed by atoms with E-state index in [0.29, 0.717) is 27.9 Å². The van der Waals surface area contributed by atoms with Crippen LogP contribution in [0.25, 0.3) is 0 Å². The van der Waals surface area contributed by atoms with Crippen LogP contribution in [0.5, 0.6) is 5.75 Å². The number of nitrogens with two attached hydrogens (primary N) is 2. The molecule has 0 aromatic heterocycles. The number of hydrogen-bond donors (Lipinski definition) is 5. The van der Waals surface area contributed by atoms with Gasteiger partial charge in [0.05, 0.1) is 11.4 Å². The molecule has 10 nitrogen and oxygen atoms in total. The van der Waals surface area contributed by atoms with E-state index >= 15 is 0 Å². The SMILES string of the molecule is CN(c1ccc(NC(=O)c2cccc(C(=N)N)c2)cc1OCc1ccc(C(=N)N)cc1)S(=O)(=O)Cc1ccccc1. The lowest BCUT2D eigenvalue weighted by Gasteiger charge is -2.23. The number of rotatable bonds is 11. The minimum absolute atomic E-state index is 0.0534. The molecule has 1 amide bonds. The highest BCUT2D eigenvalue weighted by atomic mass is 32.2. The molecule has 0 radical (unpaired) electrons. The van der Waals surface area contributed by atoms with Crippen LogP contribution in [0.3, 0.4) is 0 Å². The molecule has 0 heterocycles. The van der Waals surface area contributed by atoms with Crippen molar-refractivity contribution in [1.82, 2.24) is 0 Å². The first-order chi connectivity index (χ1) is 19.5. The first-order valence-electron chi connectivity index (χ1n) is 12.5. The Morgan fingerprint density at radius 1 is 0.805 bits per heavy atom. The Kier molecular flexibility index (Phi) is 8.69. The quantitative estimate of drug-likeness (QED) is 0.134. The summed E-state index contributed by atoms with van der Waals surface area (Å²) in [7, 11) is -2.33. The summed E-state index contributed by atoms with van der Waals surface area (Å²) < 4.78 is 33.9.